The molecule has 1 aromatic rings. The lowest BCUT2D eigenvalue weighted by molar-refractivity contribution is 0.393. The molecule has 1 aromatic carbocycles. The van der Waals surface area contributed by atoms with E-state index in [2.05, 4.69) is 12.3 Å². The van der Waals surface area contributed by atoms with Crippen LogP contribution >= 0.6 is 11.8 Å². The van der Waals surface area contributed by atoms with Gasteiger partial charge in [-0.2, -0.15) is 5.26 Å². The van der Waals surface area contributed by atoms with E-state index in [-0.39, 0.29) is 0 Å². The summed E-state index contributed by atoms with van der Waals surface area (Å²) in [5.41, 5.74) is 1.16. The lowest BCUT2D eigenvalue weighted by Crippen LogP contribution is -2.02. The Balaban J connectivity index is 2.91. The van der Waals surface area contributed by atoms with Crippen molar-refractivity contribution >= 4 is 11.8 Å². The third-order valence-electron chi connectivity index (χ3n) is 3.00. The molecule has 0 aliphatic carbocycles. The second-order valence-corrected chi connectivity index (χ2v) is 4.82. The number of thiocyanates is 1. The van der Waals surface area contributed by atoms with E-state index in [1.54, 1.807) is 14.2 Å². The number of hydrogen-bond acceptors (Lipinski definition) is 4. The average Bonchev–Trinajstić information content (AvgIpc) is 2.43. The third kappa shape index (κ3) is 3.85. The van der Waals surface area contributed by atoms with Crippen molar-refractivity contribution in [2.24, 2.45) is 0 Å². The van der Waals surface area contributed by atoms with Gasteiger partial charge in [-0.15, -0.1) is 0 Å². The maximum atomic E-state index is 8.57. The van der Waals surface area contributed by atoms with Crippen LogP contribution < -0.4 is 9.47 Å². The van der Waals surface area contributed by atoms with Gasteiger partial charge in [-0.25, -0.2) is 0 Å². The number of ether oxygens (including phenoxy) is 2. The van der Waals surface area contributed by atoms with Crippen molar-refractivity contribution in [3.05, 3.63) is 23.8 Å². The van der Waals surface area contributed by atoms with Crippen molar-refractivity contribution < 1.29 is 9.47 Å². The van der Waals surface area contributed by atoms with E-state index < -0.39 is 0 Å². The maximum Gasteiger partial charge on any atom is 0.133 e. The lowest BCUT2D eigenvalue weighted by Gasteiger charge is -2.18. The van der Waals surface area contributed by atoms with Gasteiger partial charge in [0.1, 0.15) is 16.9 Å². The van der Waals surface area contributed by atoms with Crippen LogP contribution in [-0.2, 0) is 0 Å². The second kappa shape index (κ2) is 7.88. The first-order valence-corrected chi connectivity index (χ1v) is 6.98. The van der Waals surface area contributed by atoms with Gasteiger partial charge in [0.25, 0.3) is 0 Å². The number of nitriles is 1. The Morgan fingerprint density at radius 1 is 1.33 bits per heavy atom. The fourth-order valence-corrected chi connectivity index (χ4v) is 2.48. The Morgan fingerprint density at radius 3 is 2.67 bits per heavy atom. The smallest absolute Gasteiger partial charge is 0.133 e. The predicted octanol–water partition coefficient (Wildman–Crippen LogP) is 3.80. The summed E-state index contributed by atoms with van der Waals surface area (Å²) in [7, 11) is 3.35. The number of thioether (sulfide) groups is 1. The summed E-state index contributed by atoms with van der Waals surface area (Å²) >= 11 is 1.30. The lowest BCUT2D eigenvalue weighted by atomic mass is 9.93. The van der Waals surface area contributed by atoms with Crippen LogP contribution in [-0.4, -0.2) is 20.0 Å². The monoisotopic (exact) mass is 265 g/mol. The molecule has 0 amide bonds. The minimum absolute atomic E-state index is 0.399. The molecular weight excluding hydrogens is 246 g/mol. The molecule has 0 bridgehead atoms. The summed E-state index contributed by atoms with van der Waals surface area (Å²) in [5, 5.41) is 10.7. The van der Waals surface area contributed by atoms with E-state index in [0.29, 0.717) is 5.92 Å². The molecule has 0 N–H and O–H groups in total. The highest BCUT2D eigenvalue weighted by molar-refractivity contribution is 8.03. The van der Waals surface area contributed by atoms with E-state index in [1.165, 1.54) is 11.8 Å². The van der Waals surface area contributed by atoms with Crippen molar-refractivity contribution in [1.82, 2.24) is 0 Å². The molecule has 98 valence electrons. The Hall–Kier alpha value is -1.34. The van der Waals surface area contributed by atoms with Crippen LogP contribution in [0.3, 0.4) is 0 Å². The Morgan fingerprint density at radius 2 is 2.11 bits per heavy atom. The number of nitrogens with zero attached hydrogens (tertiary/aromatic N) is 1. The van der Waals surface area contributed by atoms with Crippen molar-refractivity contribution in [3.8, 4) is 16.9 Å². The quantitative estimate of drug-likeness (QED) is 0.555. The van der Waals surface area contributed by atoms with Crippen LogP contribution in [0.5, 0.6) is 11.5 Å². The van der Waals surface area contributed by atoms with Crippen molar-refractivity contribution in [2.45, 2.75) is 25.7 Å². The molecule has 1 unspecified atom stereocenters. The number of benzene rings is 1. The summed E-state index contributed by atoms with van der Waals surface area (Å²) in [4.78, 5) is 0. The van der Waals surface area contributed by atoms with Gasteiger partial charge in [-0.1, -0.05) is 6.92 Å². The molecule has 0 aromatic heterocycles. The van der Waals surface area contributed by atoms with E-state index >= 15 is 0 Å². The second-order valence-electron chi connectivity index (χ2n) is 3.94. The fraction of sp³-hybridized carbons (Fsp3) is 0.500. The predicted molar refractivity (Wildman–Crippen MR) is 75.3 cm³/mol. The zero-order valence-electron chi connectivity index (χ0n) is 11.1. The van der Waals surface area contributed by atoms with E-state index in [0.717, 1.165) is 35.7 Å². The first kappa shape index (κ1) is 14.7. The summed E-state index contributed by atoms with van der Waals surface area (Å²) < 4.78 is 10.7. The zero-order chi connectivity index (χ0) is 13.4. The van der Waals surface area contributed by atoms with Crippen molar-refractivity contribution in [2.75, 3.05) is 20.0 Å². The van der Waals surface area contributed by atoms with Gasteiger partial charge in [0.15, 0.2) is 0 Å². The first-order valence-electron chi connectivity index (χ1n) is 5.99. The van der Waals surface area contributed by atoms with Crippen LogP contribution in [0.1, 0.15) is 31.2 Å². The molecule has 0 saturated heterocycles. The van der Waals surface area contributed by atoms with Gasteiger partial charge < -0.3 is 9.47 Å². The molecule has 0 saturated carbocycles. The van der Waals surface area contributed by atoms with Gasteiger partial charge in [0.05, 0.1) is 14.2 Å². The van der Waals surface area contributed by atoms with Crippen LogP contribution in [0.4, 0.5) is 0 Å². The minimum atomic E-state index is 0.399. The van der Waals surface area contributed by atoms with E-state index in [4.69, 9.17) is 14.7 Å². The molecular formula is C14H19NO2S. The molecule has 0 spiro atoms. The molecule has 0 aliphatic heterocycles. The van der Waals surface area contributed by atoms with Gasteiger partial charge in [0, 0.05) is 11.3 Å². The molecule has 1 rings (SSSR count). The average molecular weight is 265 g/mol. The molecule has 4 heteroatoms. The molecule has 18 heavy (non-hydrogen) atoms. The molecule has 0 aliphatic rings. The Kier molecular flexibility index (Phi) is 6.45. The Bertz CT molecular complexity index is 415. The SMILES string of the molecule is CCC(CCSC#N)c1cc(OC)ccc1OC. The highest BCUT2D eigenvalue weighted by atomic mass is 32.2. The van der Waals surface area contributed by atoms with Gasteiger partial charge in [-0.05, 0) is 48.7 Å². The fourth-order valence-electron chi connectivity index (χ4n) is 1.98. The van der Waals surface area contributed by atoms with Crippen molar-refractivity contribution in [1.29, 1.82) is 5.26 Å². The Labute approximate surface area is 113 Å². The summed E-state index contributed by atoms with van der Waals surface area (Å²) in [6.07, 6.45) is 1.99. The van der Waals surface area contributed by atoms with Gasteiger partial charge >= 0.3 is 0 Å². The van der Waals surface area contributed by atoms with Gasteiger partial charge in [-0.3, -0.25) is 0 Å². The number of hydrogen-bond donors (Lipinski definition) is 0. The largest absolute Gasteiger partial charge is 0.497 e. The standard InChI is InChI=1S/C14H19NO2S/c1-4-11(7-8-18-10-15)13-9-12(16-2)5-6-14(13)17-3/h5-6,9,11H,4,7-8H2,1-3H3. The summed E-state index contributed by atoms with van der Waals surface area (Å²) in [5.74, 6) is 2.98. The van der Waals surface area contributed by atoms with E-state index in [9.17, 15) is 0 Å². The zero-order valence-corrected chi connectivity index (χ0v) is 11.9. The highest BCUT2D eigenvalue weighted by Gasteiger charge is 2.15. The number of methoxy groups -OCH3 is 2. The van der Waals surface area contributed by atoms with Crippen LogP contribution in [0.2, 0.25) is 0 Å². The topological polar surface area (TPSA) is 42.2 Å². The minimum Gasteiger partial charge on any atom is -0.497 e. The van der Waals surface area contributed by atoms with Crippen molar-refractivity contribution in [3.63, 3.8) is 0 Å². The van der Waals surface area contributed by atoms with Crippen LogP contribution in [0, 0.1) is 10.7 Å². The maximum absolute atomic E-state index is 8.57. The van der Waals surface area contributed by atoms with Gasteiger partial charge in [0.2, 0.25) is 0 Å². The summed E-state index contributed by atoms with van der Waals surface area (Å²) in [6.45, 7) is 2.15. The van der Waals surface area contributed by atoms with E-state index in [1.807, 2.05) is 18.2 Å². The molecule has 1 atom stereocenters. The molecule has 0 fully saturated rings. The first-order chi connectivity index (χ1) is 8.76. The number of rotatable bonds is 7. The molecule has 0 heterocycles. The highest BCUT2D eigenvalue weighted by Crippen LogP contribution is 2.34. The third-order valence-corrected chi connectivity index (χ3v) is 3.57. The molecule has 3 nitrogen and oxygen atoms in total. The normalized spacial score (nSPS) is 11.7. The molecule has 0 radical (unpaired) electrons. The summed E-state index contributed by atoms with van der Waals surface area (Å²) in [6, 6.07) is 5.87. The van der Waals surface area contributed by atoms with Crippen LogP contribution in [0.25, 0.3) is 0 Å². The van der Waals surface area contributed by atoms with Crippen LogP contribution in [0.15, 0.2) is 18.2 Å².